The highest BCUT2D eigenvalue weighted by molar-refractivity contribution is 5.87. The zero-order valence-corrected chi connectivity index (χ0v) is 15.0. The van der Waals surface area contributed by atoms with Crippen molar-refractivity contribution in [3.63, 3.8) is 0 Å². The molecule has 0 bridgehead atoms. The van der Waals surface area contributed by atoms with E-state index in [-0.39, 0.29) is 5.41 Å². The fraction of sp³-hybridized carbons (Fsp3) is 0.364. The van der Waals surface area contributed by atoms with Crippen LogP contribution < -0.4 is 4.74 Å². The Bertz CT molecular complexity index is 761. The third-order valence-electron chi connectivity index (χ3n) is 4.95. The summed E-state index contributed by atoms with van der Waals surface area (Å²) in [6, 6.07) is 13.0. The third-order valence-corrected chi connectivity index (χ3v) is 4.95. The minimum Gasteiger partial charge on any atom is -0.496 e. The topological polar surface area (TPSA) is 9.23 Å². The van der Waals surface area contributed by atoms with Crippen molar-refractivity contribution in [1.82, 2.24) is 0 Å². The van der Waals surface area contributed by atoms with Gasteiger partial charge >= 0.3 is 0 Å². The molecule has 0 aromatic heterocycles. The van der Waals surface area contributed by atoms with E-state index in [9.17, 15) is 0 Å². The third kappa shape index (κ3) is 2.59. The molecule has 0 heterocycles. The number of ether oxygens (including phenoxy) is 1. The van der Waals surface area contributed by atoms with Crippen molar-refractivity contribution in [1.29, 1.82) is 0 Å². The summed E-state index contributed by atoms with van der Waals surface area (Å²) >= 11 is 0. The van der Waals surface area contributed by atoms with Crippen LogP contribution in [-0.2, 0) is 5.41 Å². The first-order chi connectivity index (χ1) is 10.8. The average Bonchev–Trinajstić information content (AvgIpc) is 2.80. The van der Waals surface area contributed by atoms with Gasteiger partial charge in [-0.3, -0.25) is 0 Å². The number of methoxy groups -OCH3 is 1. The molecule has 1 heteroatoms. The van der Waals surface area contributed by atoms with Crippen molar-refractivity contribution >= 4 is 6.08 Å². The Kier molecular flexibility index (Phi) is 3.83. The van der Waals surface area contributed by atoms with E-state index in [4.69, 9.17) is 4.74 Å². The van der Waals surface area contributed by atoms with Crippen molar-refractivity contribution in [3.8, 4) is 16.9 Å². The highest BCUT2D eigenvalue weighted by Crippen LogP contribution is 2.49. The second-order valence-electron chi connectivity index (χ2n) is 7.56. The summed E-state index contributed by atoms with van der Waals surface area (Å²) in [5.41, 5.74) is 7.96. The normalized spacial score (nSPS) is 17.0. The number of fused-ring (bicyclic) bond motifs is 1. The van der Waals surface area contributed by atoms with Gasteiger partial charge < -0.3 is 4.74 Å². The molecule has 1 aliphatic rings. The molecule has 0 fully saturated rings. The molecular formula is C22H26O. The molecule has 1 unspecified atom stereocenters. The predicted molar refractivity (Wildman–Crippen MR) is 99.2 cm³/mol. The Morgan fingerprint density at radius 3 is 2.26 bits per heavy atom. The summed E-state index contributed by atoms with van der Waals surface area (Å²) in [5.74, 6) is 1.49. The number of allylic oxidation sites excluding steroid dienone is 1. The van der Waals surface area contributed by atoms with Gasteiger partial charge in [0.25, 0.3) is 0 Å². The fourth-order valence-electron chi connectivity index (χ4n) is 3.47. The van der Waals surface area contributed by atoms with Gasteiger partial charge in [0.15, 0.2) is 0 Å². The van der Waals surface area contributed by atoms with Crippen LogP contribution in [0.1, 0.15) is 57.2 Å². The lowest BCUT2D eigenvalue weighted by molar-refractivity contribution is 0.399. The molecule has 120 valence electrons. The van der Waals surface area contributed by atoms with Crippen LogP contribution in [0, 0.1) is 0 Å². The Morgan fingerprint density at radius 1 is 1.04 bits per heavy atom. The van der Waals surface area contributed by atoms with E-state index in [1.54, 1.807) is 7.11 Å². The summed E-state index contributed by atoms with van der Waals surface area (Å²) in [7, 11) is 1.79. The lowest BCUT2D eigenvalue weighted by Crippen LogP contribution is -2.15. The summed E-state index contributed by atoms with van der Waals surface area (Å²) in [6.45, 7) is 11.3. The Hall–Kier alpha value is -2.02. The Balaban J connectivity index is 2.40. The fourth-order valence-corrected chi connectivity index (χ4v) is 3.47. The zero-order valence-electron chi connectivity index (χ0n) is 15.0. The quantitative estimate of drug-likeness (QED) is 0.643. The molecule has 3 rings (SSSR count). The van der Waals surface area contributed by atoms with E-state index in [0.717, 1.165) is 5.75 Å². The molecule has 0 spiro atoms. The first-order valence-corrected chi connectivity index (χ1v) is 8.33. The SMILES string of the molecule is COc1c(C(C)(C)C)cc2c(c1-c1ccccc1)C=C(C)C2C. The molecule has 0 radical (unpaired) electrons. The number of hydrogen-bond donors (Lipinski definition) is 0. The minimum atomic E-state index is 0.0418. The second-order valence-corrected chi connectivity index (χ2v) is 7.56. The van der Waals surface area contributed by atoms with E-state index in [1.165, 1.54) is 33.4 Å². The van der Waals surface area contributed by atoms with Crippen molar-refractivity contribution in [2.45, 2.75) is 46.0 Å². The van der Waals surface area contributed by atoms with Gasteiger partial charge in [0.2, 0.25) is 0 Å². The molecule has 0 amide bonds. The largest absolute Gasteiger partial charge is 0.496 e. The first-order valence-electron chi connectivity index (χ1n) is 8.33. The molecule has 0 saturated carbocycles. The van der Waals surface area contributed by atoms with Crippen LogP contribution in [0.5, 0.6) is 5.75 Å². The summed E-state index contributed by atoms with van der Waals surface area (Å²) in [6.07, 6.45) is 2.33. The lowest BCUT2D eigenvalue weighted by atomic mass is 9.80. The summed E-state index contributed by atoms with van der Waals surface area (Å²) < 4.78 is 5.92. The summed E-state index contributed by atoms with van der Waals surface area (Å²) in [4.78, 5) is 0. The van der Waals surface area contributed by atoms with Crippen LogP contribution in [0.2, 0.25) is 0 Å². The van der Waals surface area contributed by atoms with Crippen LogP contribution in [0.4, 0.5) is 0 Å². The highest BCUT2D eigenvalue weighted by atomic mass is 16.5. The average molecular weight is 306 g/mol. The monoisotopic (exact) mass is 306 g/mol. The lowest BCUT2D eigenvalue weighted by Gasteiger charge is -2.27. The minimum absolute atomic E-state index is 0.0418. The van der Waals surface area contributed by atoms with Gasteiger partial charge in [0.05, 0.1) is 7.11 Å². The molecule has 0 aliphatic heterocycles. The number of hydrogen-bond acceptors (Lipinski definition) is 1. The summed E-state index contributed by atoms with van der Waals surface area (Å²) in [5, 5.41) is 0. The van der Waals surface area contributed by atoms with Crippen molar-refractivity contribution < 1.29 is 4.74 Å². The Labute approximate surface area is 140 Å². The number of rotatable bonds is 2. The molecule has 2 aromatic rings. The molecule has 1 nitrogen and oxygen atoms in total. The molecule has 1 aliphatic carbocycles. The van der Waals surface area contributed by atoms with Gasteiger partial charge in [-0.1, -0.05) is 75.7 Å². The van der Waals surface area contributed by atoms with Gasteiger partial charge in [0, 0.05) is 17.0 Å². The van der Waals surface area contributed by atoms with Crippen molar-refractivity contribution in [2.75, 3.05) is 7.11 Å². The van der Waals surface area contributed by atoms with Crippen LogP contribution in [-0.4, -0.2) is 7.11 Å². The molecule has 23 heavy (non-hydrogen) atoms. The smallest absolute Gasteiger partial charge is 0.131 e. The van der Waals surface area contributed by atoms with E-state index in [1.807, 2.05) is 0 Å². The van der Waals surface area contributed by atoms with E-state index in [2.05, 4.69) is 77.1 Å². The van der Waals surface area contributed by atoms with Gasteiger partial charge in [0.1, 0.15) is 5.75 Å². The van der Waals surface area contributed by atoms with E-state index < -0.39 is 0 Å². The second kappa shape index (κ2) is 5.56. The van der Waals surface area contributed by atoms with E-state index in [0.29, 0.717) is 5.92 Å². The van der Waals surface area contributed by atoms with Crippen LogP contribution >= 0.6 is 0 Å². The van der Waals surface area contributed by atoms with Gasteiger partial charge in [-0.25, -0.2) is 0 Å². The molecule has 0 saturated heterocycles. The highest BCUT2D eigenvalue weighted by Gasteiger charge is 2.30. The van der Waals surface area contributed by atoms with Gasteiger partial charge in [-0.2, -0.15) is 0 Å². The van der Waals surface area contributed by atoms with Gasteiger partial charge in [-0.15, -0.1) is 0 Å². The van der Waals surface area contributed by atoms with E-state index >= 15 is 0 Å². The standard InChI is InChI=1S/C22H26O/c1-14-12-18-17(15(14)2)13-19(22(3,4)5)21(23-6)20(18)16-10-8-7-9-11-16/h7-13,15H,1-6H3. The number of benzene rings is 2. The maximum absolute atomic E-state index is 5.92. The van der Waals surface area contributed by atoms with Crippen LogP contribution in [0.3, 0.4) is 0 Å². The van der Waals surface area contributed by atoms with Gasteiger partial charge in [-0.05, 0) is 29.0 Å². The van der Waals surface area contributed by atoms with Crippen molar-refractivity contribution in [2.24, 2.45) is 0 Å². The van der Waals surface area contributed by atoms with Crippen LogP contribution in [0.25, 0.3) is 17.2 Å². The molecule has 0 N–H and O–H groups in total. The zero-order chi connectivity index (χ0) is 16.8. The molecule has 2 aromatic carbocycles. The molecular weight excluding hydrogens is 280 g/mol. The Morgan fingerprint density at radius 2 is 1.70 bits per heavy atom. The maximum atomic E-state index is 5.92. The van der Waals surface area contributed by atoms with Crippen molar-refractivity contribution in [3.05, 3.63) is 58.7 Å². The maximum Gasteiger partial charge on any atom is 0.131 e. The van der Waals surface area contributed by atoms with Crippen LogP contribution in [0.15, 0.2) is 42.0 Å². The first kappa shape index (κ1) is 15.9. The predicted octanol–water partition coefficient (Wildman–Crippen LogP) is 6.18. The molecule has 1 atom stereocenters.